The molecule has 1 N–H and O–H groups in total. The Morgan fingerprint density at radius 2 is 1.89 bits per heavy atom. The third-order valence-corrected chi connectivity index (χ3v) is 4.99. The topological polar surface area (TPSA) is 75.7 Å². The molecular weight excluding hydrogens is 483 g/mol. The van der Waals surface area contributed by atoms with Gasteiger partial charge in [-0.2, -0.15) is 0 Å². The molecule has 138 valence electrons. The van der Waals surface area contributed by atoms with Gasteiger partial charge in [-0.05, 0) is 77.0 Å². The molecule has 1 aliphatic rings. The molecule has 1 aliphatic heterocycles. The Balaban J connectivity index is 2.04. The van der Waals surface area contributed by atoms with Crippen LogP contribution in [0.5, 0.6) is 5.75 Å². The Bertz CT molecular complexity index is 1000. The minimum Gasteiger partial charge on any atom is -0.497 e. The zero-order valence-corrected chi connectivity index (χ0v) is 17.3. The van der Waals surface area contributed by atoms with E-state index in [1.807, 2.05) is 13.0 Å². The molecule has 0 aromatic heterocycles. The van der Waals surface area contributed by atoms with Crippen molar-refractivity contribution in [3.63, 3.8) is 0 Å². The number of urea groups is 1. The van der Waals surface area contributed by atoms with Crippen molar-refractivity contribution >= 4 is 63.8 Å². The maximum absolute atomic E-state index is 12.9. The predicted molar refractivity (Wildman–Crippen MR) is 111 cm³/mol. The highest BCUT2D eigenvalue weighted by Gasteiger charge is 2.37. The Hall–Kier alpha value is -2.39. The Labute approximate surface area is 174 Å². The van der Waals surface area contributed by atoms with Gasteiger partial charge in [0.15, 0.2) is 0 Å². The van der Waals surface area contributed by atoms with Crippen molar-refractivity contribution < 1.29 is 19.1 Å². The zero-order chi connectivity index (χ0) is 19.7. The molecule has 0 saturated carbocycles. The molecule has 4 amide bonds. The number of ether oxygens (including phenoxy) is 1. The molecule has 2 aromatic rings. The molecule has 1 fully saturated rings. The maximum atomic E-state index is 12.9. The van der Waals surface area contributed by atoms with E-state index in [9.17, 15) is 14.4 Å². The summed E-state index contributed by atoms with van der Waals surface area (Å²) in [4.78, 5) is 38.3. The first-order valence-electron chi connectivity index (χ1n) is 7.82. The highest BCUT2D eigenvalue weighted by atomic mass is 127. The molecule has 0 spiro atoms. The summed E-state index contributed by atoms with van der Waals surface area (Å²) in [7, 11) is 1.53. The summed E-state index contributed by atoms with van der Waals surface area (Å²) < 4.78 is 6.09. The van der Waals surface area contributed by atoms with E-state index in [-0.39, 0.29) is 11.3 Å². The van der Waals surface area contributed by atoms with E-state index in [0.717, 1.165) is 14.0 Å². The monoisotopic (exact) mass is 496 g/mol. The lowest BCUT2D eigenvalue weighted by atomic mass is 10.1. The predicted octanol–water partition coefficient (Wildman–Crippen LogP) is 3.93. The lowest BCUT2D eigenvalue weighted by Gasteiger charge is -2.26. The molecule has 0 aliphatic carbocycles. The molecule has 1 heterocycles. The molecule has 0 atom stereocenters. The van der Waals surface area contributed by atoms with E-state index in [4.69, 9.17) is 16.3 Å². The summed E-state index contributed by atoms with van der Waals surface area (Å²) in [6.07, 6.45) is 1.43. The number of aryl methyl sites for hydroxylation is 1. The molecule has 8 heteroatoms. The van der Waals surface area contributed by atoms with Gasteiger partial charge in [-0.1, -0.05) is 17.7 Å². The second kappa shape index (κ2) is 7.69. The summed E-state index contributed by atoms with van der Waals surface area (Å²) >= 11 is 8.22. The first kappa shape index (κ1) is 19.4. The van der Waals surface area contributed by atoms with Gasteiger partial charge in [0.05, 0.1) is 12.8 Å². The summed E-state index contributed by atoms with van der Waals surface area (Å²) in [5, 5.41) is 2.60. The minimum atomic E-state index is -0.817. The van der Waals surface area contributed by atoms with Gasteiger partial charge in [0, 0.05) is 8.59 Å². The second-order valence-electron chi connectivity index (χ2n) is 5.82. The minimum absolute atomic E-state index is 0.157. The number of hydrogen-bond donors (Lipinski definition) is 1. The summed E-state index contributed by atoms with van der Waals surface area (Å²) in [5.74, 6) is -0.880. The van der Waals surface area contributed by atoms with E-state index < -0.39 is 17.8 Å². The Morgan fingerprint density at radius 1 is 1.15 bits per heavy atom. The van der Waals surface area contributed by atoms with Crippen LogP contribution < -0.4 is 15.0 Å². The largest absolute Gasteiger partial charge is 0.497 e. The van der Waals surface area contributed by atoms with Crippen LogP contribution in [-0.4, -0.2) is 25.0 Å². The van der Waals surface area contributed by atoms with E-state index >= 15 is 0 Å². The van der Waals surface area contributed by atoms with Crippen LogP contribution in [0.3, 0.4) is 0 Å². The van der Waals surface area contributed by atoms with E-state index in [1.54, 1.807) is 24.3 Å². The molecular formula is C19H14ClIN2O4. The molecule has 0 bridgehead atoms. The number of barbiturate groups is 1. The summed E-state index contributed by atoms with van der Waals surface area (Å²) in [5.41, 5.74) is 1.54. The summed E-state index contributed by atoms with van der Waals surface area (Å²) in [6, 6.07) is 9.29. The molecule has 6 nitrogen and oxygen atoms in total. The first-order valence-corrected chi connectivity index (χ1v) is 9.28. The average molecular weight is 497 g/mol. The van der Waals surface area contributed by atoms with Crippen molar-refractivity contribution in [2.45, 2.75) is 6.92 Å². The number of anilines is 1. The fourth-order valence-corrected chi connectivity index (χ4v) is 3.41. The maximum Gasteiger partial charge on any atom is 0.335 e. The van der Waals surface area contributed by atoms with Crippen molar-refractivity contribution in [3.8, 4) is 5.75 Å². The Kier molecular flexibility index (Phi) is 5.52. The molecule has 0 radical (unpaired) electrons. The van der Waals surface area contributed by atoms with E-state index in [2.05, 4.69) is 27.9 Å². The van der Waals surface area contributed by atoms with E-state index in [1.165, 1.54) is 19.3 Å². The van der Waals surface area contributed by atoms with Crippen molar-refractivity contribution in [1.82, 2.24) is 5.32 Å². The smallest absolute Gasteiger partial charge is 0.335 e. The number of hydrogen-bond acceptors (Lipinski definition) is 4. The van der Waals surface area contributed by atoms with Gasteiger partial charge in [0.25, 0.3) is 11.8 Å². The lowest BCUT2D eigenvalue weighted by Crippen LogP contribution is -2.54. The number of nitrogens with zero attached hydrogens (tertiary/aromatic N) is 1. The molecule has 1 saturated heterocycles. The number of methoxy groups -OCH3 is 1. The summed E-state index contributed by atoms with van der Waals surface area (Å²) in [6.45, 7) is 1.81. The van der Waals surface area contributed by atoms with Crippen LogP contribution in [0.2, 0.25) is 5.02 Å². The van der Waals surface area contributed by atoms with Crippen LogP contribution in [0.1, 0.15) is 11.1 Å². The van der Waals surface area contributed by atoms with Gasteiger partial charge in [-0.15, -0.1) is 0 Å². The van der Waals surface area contributed by atoms with Crippen molar-refractivity contribution in [1.29, 1.82) is 0 Å². The van der Waals surface area contributed by atoms with Crippen LogP contribution in [0, 0.1) is 10.5 Å². The van der Waals surface area contributed by atoms with Crippen molar-refractivity contribution in [2.24, 2.45) is 0 Å². The molecule has 2 aromatic carbocycles. The van der Waals surface area contributed by atoms with Crippen LogP contribution in [-0.2, 0) is 9.59 Å². The molecule has 27 heavy (non-hydrogen) atoms. The van der Waals surface area contributed by atoms with Gasteiger partial charge in [-0.3, -0.25) is 14.9 Å². The second-order valence-corrected chi connectivity index (χ2v) is 7.47. The number of rotatable bonds is 3. The highest BCUT2D eigenvalue weighted by Crippen LogP contribution is 2.27. The average Bonchev–Trinajstić information content (AvgIpc) is 2.61. The van der Waals surface area contributed by atoms with Crippen molar-refractivity contribution in [2.75, 3.05) is 12.0 Å². The number of imide groups is 2. The number of carbonyl (C=O) groups excluding carboxylic acids is 3. The number of carbonyl (C=O) groups is 3. The fourth-order valence-electron chi connectivity index (χ4n) is 2.57. The Morgan fingerprint density at radius 3 is 2.56 bits per heavy atom. The quantitative estimate of drug-likeness (QED) is 0.397. The third-order valence-electron chi connectivity index (χ3n) is 3.96. The SMILES string of the molecule is COc1cc(I)cc(/C=C2\C(=O)NC(=O)N(c3ccc(C)c(Cl)c3)C2=O)c1. The van der Waals surface area contributed by atoms with Crippen LogP contribution in [0.25, 0.3) is 6.08 Å². The van der Waals surface area contributed by atoms with Crippen molar-refractivity contribution in [3.05, 3.63) is 61.7 Å². The lowest BCUT2D eigenvalue weighted by molar-refractivity contribution is -0.122. The van der Waals surface area contributed by atoms with Gasteiger partial charge in [0.2, 0.25) is 0 Å². The van der Waals surface area contributed by atoms with Gasteiger partial charge >= 0.3 is 6.03 Å². The number of benzene rings is 2. The first-order chi connectivity index (χ1) is 12.8. The number of nitrogens with one attached hydrogen (secondary N) is 1. The van der Waals surface area contributed by atoms with Crippen LogP contribution >= 0.6 is 34.2 Å². The van der Waals surface area contributed by atoms with E-state index in [0.29, 0.717) is 16.3 Å². The van der Waals surface area contributed by atoms with Gasteiger partial charge < -0.3 is 4.74 Å². The molecule has 0 unspecified atom stereocenters. The normalized spacial score (nSPS) is 15.9. The van der Waals surface area contributed by atoms with Gasteiger partial charge in [0.1, 0.15) is 11.3 Å². The number of amides is 4. The molecule has 3 rings (SSSR count). The zero-order valence-electron chi connectivity index (χ0n) is 14.4. The highest BCUT2D eigenvalue weighted by molar-refractivity contribution is 14.1. The standard InChI is InChI=1S/C19H14ClIN2O4/c1-10-3-4-13(9-16(10)20)23-18(25)15(17(24)22-19(23)26)7-11-5-12(21)8-14(6-11)27-2/h3-9H,1-2H3,(H,22,24,26)/b15-7+. The van der Waals surface area contributed by atoms with Gasteiger partial charge in [-0.25, -0.2) is 9.69 Å². The van der Waals surface area contributed by atoms with Crippen LogP contribution in [0.15, 0.2) is 42.0 Å². The van der Waals surface area contributed by atoms with Crippen LogP contribution in [0.4, 0.5) is 10.5 Å². The fraction of sp³-hybridized carbons (Fsp3) is 0.105. The third kappa shape index (κ3) is 3.98. The number of halogens is 2.